The van der Waals surface area contributed by atoms with Crippen molar-refractivity contribution in [1.82, 2.24) is 4.90 Å². The molecular formula is C16H26N2O. The first-order chi connectivity index (χ1) is 9.02. The molecule has 1 N–H and O–H groups in total. The highest BCUT2D eigenvalue weighted by atomic mass is 16.3. The van der Waals surface area contributed by atoms with Gasteiger partial charge in [-0.2, -0.15) is 0 Å². The van der Waals surface area contributed by atoms with Gasteiger partial charge in [0, 0.05) is 30.9 Å². The van der Waals surface area contributed by atoms with Crippen LogP contribution in [0.5, 0.6) is 0 Å². The van der Waals surface area contributed by atoms with E-state index in [0.29, 0.717) is 12.1 Å². The molecule has 2 rings (SSSR count). The maximum absolute atomic E-state index is 9.83. The lowest BCUT2D eigenvalue weighted by molar-refractivity contribution is 0.169. The molecule has 106 valence electrons. The van der Waals surface area contributed by atoms with Crippen molar-refractivity contribution < 1.29 is 5.11 Å². The number of hydrogen-bond donors (Lipinski definition) is 1. The summed E-state index contributed by atoms with van der Waals surface area (Å²) in [5, 5.41) is 9.83. The van der Waals surface area contributed by atoms with E-state index in [9.17, 15) is 5.11 Å². The van der Waals surface area contributed by atoms with Crippen LogP contribution in [-0.4, -0.2) is 42.2 Å². The number of rotatable bonds is 3. The van der Waals surface area contributed by atoms with Gasteiger partial charge in [-0.1, -0.05) is 19.1 Å². The summed E-state index contributed by atoms with van der Waals surface area (Å²) >= 11 is 0. The fourth-order valence-electron chi connectivity index (χ4n) is 2.76. The van der Waals surface area contributed by atoms with Crippen LogP contribution in [0.15, 0.2) is 24.3 Å². The van der Waals surface area contributed by atoms with Gasteiger partial charge in [-0.25, -0.2) is 0 Å². The van der Waals surface area contributed by atoms with Crippen molar-refractivity contribution in [2.24, 2.45) is 0 Å². The van der Waals surface area contributed by atoms with Gasteiger partial charge in [-0.15, -0.1) is 0 Å². The normalized spacial score (nSPS) is 26.5. The van der Waals surface area contributed by atoms with Crippen molar-refractivity contribution in [3.63, 3.8) is 0 Å². The van der Waals surface area contributed by atoms with Gasteiger partial charge in [0.2, 0.25) is 0 Å². The van der Waals surface area contributed by atoms with Crippen molar-refractivity contribution in [3.05, 3.63) is 29.8 Å². The van der Waals surface area contributed by atoms with Crippen LogP contribution in [0, 0.1) is 0 Å². The van der Waals surface area contributed by atoms with Crippen LogP contribution in [0.1, 0.15) is 38.9 Å². The van der Waals surface area contributed by atoms with Gasteiger partial charge in [0.25, 0.3) is 0 Å². The predicted octanol–water partition coefficient (Wildman–Crippen LogP) is 2.66. The molecule has 0 amide bonds. The Morgan fingerprint density at radius 2 is 1.68 bits per heavy atom. The smallest absolute Gasteiger partial charge is 0.0787 e. The van der Waals surface area contributed by atoms with E-state index in [1.807, 2.05) is 6.92 Å². The first kappa shape index (κ1) is 14.4. The lowest BCUT2D eigenvalue weighted by Gasteiger charge is -2.43. The molecule has 1 heterocycles. The van der Waals surface area contributed by atoms with E-state index in [0.717, 1.165) is 25.1 Å². The largest absolute Gasteiger partial charge is 0.388 e. The highest BCUT2D eigenvalue weighted by Crippen LogP contribution is 2.24. The molecule has 19 heavy (non-hydrogen) atoms. The summed E-state index contributed by atoms with van der Waals surface area (Å²) in [7, 11) is 2.20. The quantitative estimate of drug-likeness (QED) is 0.907. The van der Waals surface area contributed by atoms with E-state index < -0.39 is 0 Å². The Balaban J connectivity index is 2.10. The molecule has 0 radical (unpaired) electrons. The Morgan fingerprint density at radius 1 is 1.16 bits per heavy atom. The maximum atomic E-state index is 9.83. The average molecular weight is 262 g/mol. The first-order valence-corrected chi connectivity index (χ1v) is 7.27. The maximum Gasteiger partial charge on any atom is 0.0787 e. The number of benzene rings is 1. The van der Waals surface area contributed by atoms with Crippen LogP contribution in [0.4, 0.5) is 5.69 Å². The van der Waals surface area contributed by atoms with Crippen molar-refractivity contribution in [3.8, 4) is 0 Å². The highest BCUT2D eigenvalue weighted by molar-refractivity contribution is 5.48. The molecule has 0 aromatic heterocycles. The van der Waals surface area contributed by atoms with Gasteiger partial charge in [-0.05, 0) is 45.0 Å². The molecule has 3 heteroatoms. The summed E-state index contributed by atoms with van der Waals surface area (Å²) in [6.45, 7) is 8.69. The molecular weight excluding hydrogens is 236 g/mol. The van der Waals surface area contributed by atoms with Crippen molar-refractivity contribution in [2.45, 2.75) is 45.4 Å². The van der Waals surface area contributed by atoms with Crippen LogP contribution in [0.3, 0.4) is 0 Å². The number of likely N-dealkylation sites (N-methyl/N-ethyl adjacent to an activating group) is 1. The monoisotopic (exact) mass is 262 g/mol. The first-order valence-electron chi connectivity index (χ1n) is 7.27. The van der Waals surface area contributed by atoms with E-state index in [1.54, 1.807) is 0 Å². The molecule has 3 nitrogen and oxygen atoms in total. The number of anilines is 1. The topological polar surface area (TPSA) is 26.7 Å². The minimum atomic E-state index is -0.334. The molecule has 0 saturated carbocycles. The molecule has 1 saturated heterocycles. The van der Waals surface area contributed by atoms with Crippen LogP contribution < -0.4 is 4.90 Å². The lowest BCUT2D eigenvalue weighted by atomic mass is 10.0. The molecule has 2 unspecified atom stereocenters. The molecule has 1 fully saturated rings. The van der Waals surface area contributed by atoms with Crippen LogP contribution >= 0.6 is 0 Å². The van der Waals surface area contributed by atoms with E-state index in [1.165, 1.54) is 5.69 Å². The van der Waals surface area contributed by atoms with Crippen LogP contribution in [0.25, 0.3) is 0 Å². The molecule has 0 aliphatic carbocycles. The molecule has 0 spiro atoms. The Kier molecular flexibility index (Phi) is 4.48. The molecule has 1 aliphatic rings. The summed E-state index contributed by atoms with van der Waals surface area (Å²) in [5.74, 6) is 0. The van der Waals surface area contributed by atoms with Crippen LogP contribution in [-0.2, 0) is 0 Å². The summed E-state index contributed by atoms with van der Waals surface area (Å²) in [6, 6.07) is 9.53. The fourth-order valence-corrected chi connectivity index (χ4v) is 2.76. The lowest BCUT2D eigenvalue weighted by Crippen LogP contribution is -2.55. The van der Waals surface area contributed by atoms with Crippen molar-refractivity contribution in [1.29, 1.82) is 0 Å². The number of piperazine rings is 1. The Hall–Kier alpha value is -1.06. The Morgan fingerprint density at radius 3 is 2.16 bits per heavy atom. The zero-order valence-corrected chi connectivity index (χ0v) is 12.5. The van der Waals surface area contributed by atoms with Gasteiger partial charge in [-0.3, -0.25) is 4.90 Å². The van der Waals surface area contributed by atoms with E-state index in [4.69, 9.17) is 0 Å². The summed E-state index contributed by atoms with van der Waals surface area (Å²) in [5.41, 5.74) is 2.28. The Bertz CT molecular complexity index is 392. The van der Waals surface area contributed by atoms with Gasteiger partial charge >= 0.3 is 0 Å². The standard InChI is InChI=1S/C16H26N2O/c1-5-16(19)14-6-8-15(9-7-14)18-10-12(2)17(4)13(3)11-18/h6-9,12-13,16,19H,5,10-11H2,1-4H3/t12?,13?,16-/m0/s1. The second-order valence-electron chi connectivity index (χ2n) is 5.78. The third-order valence-corrected chi connectivity index (χ3v) is 4.39. The average Bonchev–Trinajstić information content (AvgIpc) is 2.43. The van der Waals surface area contributed by atoms with Crippen molar-refractivity contribution >= 4 is 5.69 Å². The Labute approximate surface area is 116 Å². The number of hydrogen-bond acceptors (Lipinski definition) is 3. The van der Waals surface area contributed by atoms with Gasteiger partial charge in [0.05, 0.1) is 6.10 Å². The fraction of sp³-hybridized carbons (Fsp3) is 0.625. The summed E-state index contributed by atoms with van der Waals surface area (Å²) in [4.78, 5) is 4.88. The third-order valence-electron chi connectivity index (χ3n) is 4.39. The summed E-state index contributed by atoms with van der Waals surface area (Å²) in [6.07, 6.45) is 0.432. The van der Waals surface area contributed by atoms with Crippen molar-refractivity contribution in [2.75, 3.05) is 25.0 Å². The predicted molar refractivity (Wildman–Crippen MR) is 80.6 cm³/mol. The van der Waals surface area contributed by atoms with E-state index in [2.05, 4.69) is 55.0 Å². The minimum Gasteiger partial charge on any atom is -0.388 e. The number of nitrogens with zero attached hydrogens (tertiary/aromatic N) is 2. The van der Waals surface area contributed by atoms with E-state index in [-0.39, 0.29) is 6.10 Å². The van der Waals surface area contributed by atoms with E-state index >= 15 is 0 Å². The van der Waals surface area contributed by atoms with Crippen LogP contribution in [0.2, 0.25) is 0 Å². The second kappa shape index (κ2) is 5.93. The number of aliphatic hydroxyl groups excluding tert-OH is 1. The molecule has 1 aromatic rings. The van der Waals surface area contributed by atoms with Gasteiger partial charge in [0.1, 0.15) is 0 Å². The molecule has 0 bridgehead atoms. The second-order valence-corrected chi connectivity index (χ2v) is 5.78. The molecule has 1 aliphatic heterocycles. The molecule has 1 aromatic carbocycles. The summed E-state index contributed by atoms with van der Waals surface area (Å²) < 4.78 is 0. The molecule has 3 atom stereocenters. The third kappa shape index (κ3) is 3.10. The zero-order chi connectivity index (χ0) is 14.0. The minimum absolute atomic E-state index is 0.334. The zero-order valence-electron chi connectivity index (χ0n) is 12.5. The number of aliphatic hydroxyl groups is 1. The highest BCUT2D eigenvalue weighted by Gasteiger charge is 2.26. The van der Waals surface area contributed by atoms with Gasteiger partial charge in [0.15, 0.2) is 0 Å². The SMILES string of the molecule is CC[C@H](O)c1ccc(N2CC(C)N(C)C(C)C2)cc1. The van der Waals surface area contributed by atoms with Gasteiger partial charge < -0.3 is 10.0 Å².